The van der Waals surface area contributed by atoms with Crippen LogP contribution in [0.3, 0.4) is 0 Å². The minimum absolute atomic E-state index is 0.960. The van der Waals surface area contributed by atoms with Crippen LogP contribution >= 0.6 is 24.0 Å². The van der Waals surface area contributed by atoms with Crippen LogP contribution in [0.2, 0.25) is 0 Å². The van der Waals surface area contributed by atoms with Gasteiger partial charge in [-0.1, -0.05) is 48.5 Å². The second kappa shape index (κ2) is 5.59. The summed E-state index contributed by atoms with van der Waals surface area (Å²) < 4.78 is 2.25. The summed E-state index contributed by atoms with van der Waals surface area (Å²) in [5.74, 6) is 0. The van der Waals surface area contributed by atoms with Gasteiger partial charge in [-0.3, -0.25) is 4.99 Å². The molecule has 1 aromatic heterocycles. The molecule has 106 valence electrons. The summed E-state index contributed by atoms with van der Waals surface area (Å²) >= 11 is 6.28. The van der Waals surface area contributed by atoms with Crippen LogP contribution in [0.1, 0.15) is 5.56 Å². The summed E-state index contributed by atoms with van der Waals surface area (Å²) in [4.78, 5) is 4.64. The fraction of sp³-hybridized carbons (Fsp3) is 0. The fourth-order valence-corrected chi connectivity index (χ4v) is 3.96. The number of hydrogen-bond donors (Lipinski definition) is 1. The zero-order valence-electron chi connectivity index (χ0n) is 11.7. The standard InChI is InChI=1S/C19H13NS2/c21-19-17(16-7-3-4-8-18(16)22-19)12-20-15-10-9-13-5-1-2-6-14(13)11-15/h1-12,21H. The van der Waals surface area contributed by atoms with E-state index in [9.17, 15) is 0 Å². The molecule has 0 atom stereocenters. The van der Waals surface area contributed by atoms with Crippen LogP contribution in [0.5, 0.6) is 0 Å². The summed E-state index contributed by atoms with van der Waals surface area (Å²) in [6, 6.07) is 22.9. The predicted molar refractivity (Wildman–Crippen MR) is 100 cm³/mol. The van der Waals surface area contributed by atoms with Gasteiger partial charge in [0.2, 0.25) is 0 Å². The number of aliphatic imine (C=N–C) groups is 1. The van der Waals surface area contributed by atoms with Crippen LogP contribution in [-0.4, -0.2) is 6.21 Å². The third-order valence-corrected chi connectivity index (χ3v) is 5.19. The average molecular weight is 319 g/mol. The molecule has 0 fully saturated rings. The van der Waals surface area contributed by atoms with Gasteiger partial charge in [-0.05, 0) is 29.0 Å². The van der Waals surface area contributed by atoms with Crippen molar-refractivity contribution < 1.29 is 0 Å². The van der Waals surface area contributed by atoms with Crippen molar-refractivity contribution in [2.24, 2.45) is 4.99 Å². The summed E-state index contributed by atoms with van der Waals surface area (Å²) in [6.45, 7) is 0. The highest BCUT2D eigenvalue weighted by atomic mass is 32.2. The Balaban J connectivity index is 1.77. The lowest BCUT2D eigenvalue weighted by molar-refractivity contribution is 1.55. The molecule has 0 saturated heterocycles. The van der Waals surface area contributed by atoms with E-state index in [4.69, 9.17) is 0 Å². The highest BCUT2D eigenvalue weighted by molar-refractivity contribution is 7.83. The number of nitrogens with zero attached hydrogens (tertiary/aromatic N) is 1. The van der Waals surface area contributed by atoms with Crippen LogP contribution in [-0.2, 0) is 0 Å². The predicted octanol–water partition coefficient (Wildman–Crippen LogP) is 6.09. The molecule has 0 bridgehead atoms. The van der Waals surface area contributed by atoms with Crippen LogP contribution in [0, 0.1) is 0 Å². The number of hydrogen-bond acceptors (Lipinski definition) is 3. The molecule has 22 heavy (non-hydrogen) atoms. The minimum atomic E-state index is 0.960. The normalized spacial score (nSPS) is 11.7. The second-order valence-electron chi connectivity index (χ2n) is 5.11. The Morgan fingerprint density at radius 3 is 2.55 bits per heavy atom. The van der Waals surface area contributed by atoms with Crippen molar-refractivity contribution in [1.29, 1.82) is 0 Å². The van der Waals surface area contributed by atoms with Gasteiger partial charge in [-0.2, -0.15) is 0 Å². The van der Waals surface area contributed by atoms with Gasteiger partial charge in [0.25, 0.3) is 0 Å². The Morgan fingerprint density at radius 2 is 1.64 bits per heavy atom. The Bertz CT molecular complexity index is 999. The molecule has 0 spiro atoms. The quantitative estimate of drug-likeness (QED) is 0.339. The van der Waals surface area contributed by atoms with E-state index >= 15 is 0 Å². The van der Waals surface area contributed by atoms with Crippen LogP contribution in [0.15, 0.2) is 75.9 Å². The van der Waals surface area contributed by atoms with Gasteiger partial charge in [-0.25, -0.2) is 0 Å². The molecule has 0 N–H and O–H groups in total. The number of rotatable bonds is 2. The summed E-state index contributed by atoms with van der Waals surface area (Å²) in [7, 11) is 0. The van der Waals surface area contributed by atoms with Gasteiger partial charge in [0.15, 0.2) is 0 Å². The van der Waals surface area contributed by atoms with Gasteiger partial charge < -0.3 is 0 Å². The average Bonchev–Trinajstić information content (AvgIpc) is 2.88. The second-order valence-corrected chi connectivity index (χ2v) is 6.91. The molecule has 1 heterocycles. The largest absolute Gasteiger partial charge is 0.256 e. The van der Waals surface area contributed by atoms with Crippen molar-refractivity contribution in [2.45, 2.75) is 4.21 Å². The SMILES string of the molecule is Sc1sc2ccccc2c1C=Nc1ccc2ccccc2c1. The van der Waals surface area contributed by atoms with Gasteiger partial charge in [0.05, 0.1) is 9.90 Å². The maximum Gasteiger partial charge on any atom is 0.0668 e. The molecule has 0 unspecified atom stereocenters. The van der Waals surface area contributed by atoms with E-state index < -0.39 is 0 Å². The summed E-state index contributed by atoms with van der Waals surface area (Å²) in [5, 5.41) is 3.65. The van der Waals surface area contributed by atoms with E-state index in [1.54, 1.807) is 11.3 Å². The lowest BCUT2D eigenvalue weighted by atomic mass is 10.1. The van der Waals surface area contributed by atoms with E-state index in [-0.39, 0.29) is 0 Å². The van der Waals surface area contributed by atoms with E-state index in [1.165, 1.54) is 20.9 Å². The Labute approximate surface area is 138 Å². The first-order valence-electron chi connectivity index (χ1n) is 7.05. The van der Waals surface area contributed by atoms with Crippen molar-refractivity contribution in [3.05, 3.63) is 72.3 Å². The third kappa shape index (κ3) is 2.43. The van der Waals surface area contributed by atoms with Crippen molar-refractivity contribution in [2.75, 3.05) is 0 Å². The highest BCUT2D eigenvalue weighted by Crippen LogP contribution is 2.33. The molecule has 3 heteroatoms. The van der Waals surface area contributed by atoms with Crippen molar-refractivity contribution in [3.63, 3.8) is 0 Å². The molecule has 0 radical (unpaired) electrons. The molecular formula is C19H13NS2. The molecule has 0 saturated carbocycles. The number of benzene rings is 3. The lowest BCUT2D eigenvalue weighted by Crippen LogP contribution is -1.79. The molecule has 4 aromatic rings. The van der Waals surface area contributed by atoms with Crippen LogP contribution in [0.4, 0.5) is 5.69 Å². The number of thiophene rings is 1. The smallest absolute Gasteiger partial charge is 0.0668 e. The maximum atomic E-state index is 4.64. The van der Waals surface area contributed by atoms with Gasteiger partial charge in [0, 0.05) is 21.9 Å². The number of thiol groups is 1. The molecule has 3 aromatic carbocycles. The monoisotopic (exact) mass is 319 g/mol. The topological polar surface area (TPSA) is 12.4 Å². The van der Waals surface area contributed by atoms with Crippen LogP contribution < -0.4 is 0 Å². The van der Waals surface area contributed by atoms with E-state index in [0.717, 1.165) is 15.5 Å². The molecular weight excluding hydrogens is 306 g/mol. The van der Waals surface area contributed by atoms with Crippen LogP contribution in [0.25, 0.3) is 20.9 Å². The first-order chi connectivity index (χ1) is 10.8. The maximum absolute atomic E-state index is 4.64. The molecule has 0 amide bonds. The van der Waals surface area contributed by atoms with E-state index in [1.807, 2.05) is 18.3 Å². The van der Waals surface area contributed by atoms with E-state index in [0.29, 0.717) is 0 Å². The van der Waals surface area contributed by atoms with Gasteiger partial charge in [-0.15, -0.1) is 24.0 Å². The minimum Gasteiger partial charge on any atom is -0.256 e. The Morgan fingerprint density at radius 1 is 0.864 bits per heavy atom. The van der Waals surface area contributed by atoms with Crippen molar-refractivity contribution >= 4 is 56.7 Å². The fourth-order valence-electron chi connectivity index (χ4n) is 2.57. The van der Waals surface area contributed by atoms with Gasteiger partial charge >= 0.3 is 0 Å². The zero-order valence-corrected chi connectivity index (χ0v) is 13.4. The Kier molecular flexibility index (Phi) is 3.45. The zero-order chi connectivity index (χ0) is 14.9. The summed E-state index contributed by atoms with van der Waals surface area (Å²) in [5.41, 5.74) is 2.05. The first kappa shape index (κ1) is 13.6. The van der Waals surface area contributed by atoms with Crippen molar-refractivity contribution in [1.82, 2.24) is 0 Å². The van der Waals surface area contributed by atoms with Crippen molar-refractivity contribution in [3.8, 4) is 0 Å². The van der Waals surface area contributed by atoms with Gasteiger partial charge in [0.1, 0.15) is 0 Å². The summed E-state index contributed by atoms with van der Waals surface area (Å²) in [6.07, 6.45) is 1.92. The molecule has 0 aliphatic carbocycles. The number of fused-ring (bicyclic) bond motifs is 2. The third-order valence-electron chi connectivity index (χ3n) is 3.69. The van der Waals surface area contributed by atoms with E-state index in [2.05, 4.69) is 72.2 Å². The Hall–Kier alpha value is -2.10. The molecule has 4 rings (SSSR count). The lowest BCUT2D eigenvalue weighted by Gasteiger charge is -1.99. The molecule has 0 aliphatic rings. The molecule has 1 nitrogen and oxygen atoms in total. The molecule has 0 aliphatic heterocycles. The first-order valence-corrected chi connectivity index (χ1v) is 8.31. The highest BCUT2D eigenvalue weighted by Gasteiger charge is 2.06.